The first-order chi connectivity index (χ1) is 15.3. The minimum Gasteiger partial charge on any atom is -0.376 e. The Morgan fingerprint density at radius 2 is 2.00 bits per heavy atom. The lowest BCUT2D eigenvalue weighted by Crippen LogP contribution is -2.40. The third kappa shape index (κ3) is 6.65. The van der Waals surface area contributed by atoms with Gasteiger partial charge in [-0.3, -0.25) is 9.39 Å². The number of guanidine groups is 1. The van der Waals surface area contributed by atoms with Crippen LogP contribution in [0.1, 0.15) is 31.2 Å². The van der Waals surface area contributed by atoms with Gasteiger partial charge in [-0.1, -0.05) is 36.4 Å². The van der Waals surface area contributed by atoms with Gasteiger partial charge in [-0.05, 0) is 37.5 Å². The molecule has 172 valence electrons. The summed E-state index contributed by atoms with van der Waals surface area (Å²) in [5.74, 6) is 2.56. The van der Waals surface area contributed by atoms with E-state index in [1.165, 1.54) is 5.56 Å². The monoisotopic (exact) mass is 548 g/mol. The van der Waals surface area contributed by atoms with Crippen molar-refractivity contribution < 1.29 is 4.74 Å². The maximum Gasteiger partial charge on any atom is 0.193 e. The van der Waals surface area contributed by atoms with E-state index in [0.717, 1.165) is 69.5 Å². The number of aryl methyl sites for hydroxylation is 1. The molecule has 3 heterocycles. The lowest BCUT2D eigenvalue weighted by atomic mass is 10.1. The zero-order valence-corrected chi connectivity index (χ0v) is 21.0. The van der Waals surface area contributed by atoms with E-state index in [9.17, 15) is 0 Å². The molecule has 0 saturated carbocycles. The highest BCUT2D eigenvalue weighted by Gasteiger charge is 2.25. The maximum absolute atomic E-state index is 5.96. The molecule has 1 atom stereocenters. The summed E-state index contributed by atoms with van der Waals surface area (Å²) in [6.45, 7) is 7.27. The second-order valence-electron chi connectivity index (χ2n) is 7.99. The third-order valence-electron chi connectivity index (χ3n) is 5.59. The fourth-order valence-corrected chi connectivity index (χ4v) is 3.99. The van der Waals surface area contributed by atoms with Crippen LogP contribution in [-0.2, 0) is 17.8 Å². The molecule has 1 N–H and O–H groups in total. The van der Waals surface area contributed by atoms with Crippen molar-refractivity contribution in [2.45, 2.75) is 32.8 Å². The van der Waals surface area contributed by atoms with Gasteiger partial charge in [0.15, 0.2) is 11.6 Å². The van der Waals surface area contributed by atoms with Gasteiger partial charge in [-0.2, -0.15) is 0 Å². The van der Waals surface area contributed by atoms with Crippen LogP contribution in [0.25, 0.3) is 5.65 Å². The summed E-state index contributed by atoms with van der Waals surface area (Å²) in [4.78, 5) is 7.24. The molecule has 3 aromatic rings. The van der Waals surface area contributed by atoms with E-state index in [4.69, 9.17) is 9.73 Å². The molecule has 1 saturated heterocycles. The molecule has 0 amide bonds. The summed E-state index contributed by atoms with van der Waals surface area (Å²) in [5, 5.41) is 12.0. The van der Waals surface area contributed by atoms with E-state index < -0.39 is 0 Å². The number of hydrogen-bond donors (Lipinski definition) is 1. The molecule has 1 aromatic carbocycles. The number of fused-ring (bicyclic) bond motifs is 1. The van der Waals surface area contributed by atoms with Crippen LogP contribution in [0.3, 0.4) is 0 Å². The average molecular weight is 548 g/mol. The lowest BCUT2D eigenvalue weighted by Gasteiger charge is -2.21. The van der Waals surface area contributed by atoms with Crippen molar-refractivity contribution in [3.05, 3.63) is 66.1 Å². The van der Waals surface area contributed by atoms with E-state index in [2.05, 4.69) is 56.0 Å². The van der Waals surface area contributed by atoms with Gasteiger partial charge in [-0.15, -0.1) is 34.2 Å². The summed E-state index contributed by atoms with van der Waals surface area (Å²) in [5.41, 5.74) is 2.12. The predicted octanol–water partition coefficient (Wildman–Crippen LogP) is 3.78. The Kier molecular flexibility index (Phi) is 9.73. The van der Waals surface area contributed by atoms with Gasteiger partial charge >= 0.3 is 0 Å². The maximum atomic E-state index is 5.96. The molecular formula is C24H33IN6O. The second kappa shape index (κ2) is 12.7. The third-order valence-corrected chi connectivity index (χ3v) is 5.59. The van der Waals surface area contributed by atoms with Crippen LogP contribution in [0.2, 0.25) is 0 Å². The molecular weight excluding hydrogens is 515 g/mol. The van der Waals surface area contributed by atoms with Crippen LogP contribution in [-0.4, -0.2) is 58.2 Å². The van der Waals surface area contributed by atoms with Gasteiger partial charge < -0.3 is 15.0 Å². The van der Waals surface area contributed by atoms with Crippen LogP contribution in [0.4, 0.5) is 0 Å². The summed E-state index contributed by atoms with van der Waals surface area (Å²) in [6.07, 6.45) is 4.97. The minimum atomic E-state index is 0. The van der Waals surface area contributed by atoms with Crippen molar-refractivity contribution in [2.75, 3.05) is 32.8 Å². The fourth-order valence-electron chi connectivity index (χ4n) is 3.99. The first-order valence-electron chi connectivity index (χ1n) is 11.3. The number of aromatic nitrogens is 3. The first kappa shape index (κ1) is 24.4. The van der Waals surface area contributed by atoms with Gasteiger partial charge in [0, 0.05) is 44.7 Å². The molecule has 0 spiro atoms. The van der Waals surface area contributed by atoms with E-state index >= 15 is 0 Å². The Bertz CT molecular complexity index is 977. The Morgan fingerprint density at radius 1 is 1.16 bits per heavy atom. The van der Waals surface area contributed by atoms with E-state index in [1.54, 1.807) is 0 Å². The molecule has 0 bridgehead atoms. The van der Waals surface area contributed by atoms with Crippen LogP contribution in [0.15, 0.2) is 59.7 Å². The quantitative estimate of drug-likeness (QED) is 0.191. The van der Waals surface area contributed by atoms with Gasteiger partial charge in [-0.25, -0.2) is 0 Å². The Hall–Kier alpha value is -2.20. The number of likely N-dealkylation sites (tertiary alicyclic amines) is 1. The molecule has 4 rings (SSSR count). The molecule has 2 aromatic heterocycles. The van der Waals surface area contributed by atoms with Crippen molar-refractivity contribution >= 4 is 35.6 Å². The van der Waals surface area contributed by atoms with E-state index in [-0.39, 0.29) is 24.0 Å². The molecule has 0 radical (unpaired) electrons. The highest BCUT2D eigenvalue weighted by atomic mass is 127. The van der Waals surface area contributed by atoms with Crippen LogP contribution < -0.4 is 5.32 Å². The SMILES string of the molecule is CCNC(=NCCCc1nnc2ccccn12)N1CCC(COCc2ccccc2)C1.I. The van der Waals surface area contributed by atoms with Crippen molar-refractivity contribution in [1.29, 1.82) is 0 Å². The number of pyridine rings is 1. The molecule has 1 fully saturated rings. The summed E-state index contributed by atoms with van der Waals surface area (Å²) < 4.78 is 8.02. The number of nitrogens with zero attached hydrogens (tertiary/aromatic N) is 5. The molecule has 0 aliphatic carbocycles. The highest BCUT2D eigenvalue weighted by molar-refractivity contribution is 14.0. The van der Waals surface area contributed by atoms with Crippen LogP contribution >= 0.6 is 24.0 Å². The number of ether oxygens (including phenoxy) is 1. The van der Waals surface area contributed by atoms with Crippen molar-refractivity contribution in [1.82, 2.24) is 24.8 Å². The van der Waals surface area contributed by atoms with Gasteiger partial charge in [0.2, 0.25) is 0 Å². The van der Waals surface area contributed by atoms with Crippen LogP contribution in [0, 0.1) is 5.92 Å². The Labute approximate surface area is 207 Å². The average Bonchev–Trinajstić information content (AvgIpc) is 3.44. The highest BCUT2D eigenvalue weighted by Crippen LogP contribution is 2.17. The van der Waals surface area contributed by atoms with Crippen molar-refractivity contribution in [2.24, 2.45) is 10.9 Å². The van der Waals surface area contributed by atoms with E-state index in [1.807, 2.05) is 30.5 Å². The number of hydrogen-bond acceptors (Lipinski definition) is 4. The summed E-state index contributed by atoms with van der Waals surface area (Å²) >= 11 is 0. The number of aliphatic imine (C=N–C) groups is 1. The van der Waals surface area contributed by atoms with Crippen LogP contribution in [0.5, 0.6) is 0 Å². The molecule has 1 unspecified atom stereocenters. The molecule has 7 nitrogen and oxygen atoms in total. The van der Waals surface area contributed by atoms with Gasteiger partial charge in [0.25, 0.3) is 0 Å². The smallest absolute Gasteiger partial charge is 0.193 e. The van der Waals surface area contributed by atoms with E-state index in [0.29, 0.717) is 12.5 Å². The Balaban J connectivity index is 0.00000289. The topological polar surface area (TPSA) is 67.0 Å². The lowest BCUT2D eigenvalue weighted by molar-refractivity contribution is 0.0907. The number of benzene rings is 1. The second-order valence-corrected chi connectivity index (χ2v) is 7.99. The predicted molar refractivity (Wildman–Crippen MR) is 138 cm³/mol. The molecule has 8 heteroatoms. The summed E-state index contributed by atoms with van der Waals surface area (Å²) in [7, 11) is 0. The van der Waals surface area contributed by atoms with Crippen molar-refractivity contribution in [3.63, 3.8) is 0 Å². The van der Waals surface area contributed by atoms with Gasteiger partial charge in [0.1, 0.15) is 5.82 Å². The Morgan fingerprint density at radius 3 is 2.84 bits per heavy atom. The standard InChI is InChI=1S/C24H32N6O.HI/c1-2-25-24(26-14-8-12-23-28-27-22-11-6-7-15-30(22)23)29-16-13-21(17-29)19-31-18-20-9-4-3-5-10-20;/h3-7,9-11,15,21H,2,8,12-14,16-19H2,1H3,(H,25,26);1H. The zero-order valence-electron chi connectivity index (χ0n) is 18.7. The first-order valence-corrected chi connectivity index (χ1v) is 11.3. The van der Waals surface area contributed by atoms with Crippen molar-refractivity contribution in [3.8, 4) is 0 Å². The number of halogens is 1. The number of nitrogens with one attached hydrogen (secondary N) is 1. The zero-order chi connectivity index (χ0) is 21.3. The fraction of sp³-hybridized carbons (Fsp3) is 0.458. The largest absolute Gasteiger partial charge is 0.376 e. The number of rotatable bonds is 9. The normalized spacial score (nSPS) is 16.3. The molecule has 1 aliphatic heterocycles. The molecule has 1 aliphatic rings. The molecule has 32 heavy (non-hydrogen) atoms. The minimum absolute atomic E-state index is 0. The van der Waals surface area contributed by atoms with Gasteiger partial charge in [0.05, 0.1) is 13.2 Å². The summed E-state index contributed by atoms with van der Waals surface area (Å²) in [6, 6.07) is 16.3.